The van der Waals surface area contributed by atoms with Gasteiger partial charge in [-0.15, -0.1) is 0 Å². The number of aromatic nitrogens is 4. The average Bonchev–Trinajstić information content (AvgIpc) is 3.19. The lowest BCUT2D eigenvalue weighted by Gasteiger charge is -2.25. The number of nitrogens with one attached hydrogen (secondary N) is 1. The van der Waals surface area contributed by atoms with Crippen LogP contribution in [-0.2, 0) is 11.3 Å². The number of ether oxygens (including phenoxy) is 1. The molecule has 1 saturated heterocycles. The molecule has 0 amide bonds. The van der Waals surface area contributed by atoms with E-state index < -0.39 is 0 Å². The largest absolute Gasteiger partial charge is 0.358 e. The zero-order valence-electron chi connectivity index (χ0n) is 16.6. The molecule has 4 aromatic rings. The Morgan fingerprint density at radius 2 is 1.80 bits per heavy atom. The van der Waals surface area contributed by atoms with Crippen LogP contribution in [0.3, 0.4) is 0 Å². The zero-order valence-corrected chi connectivity index (χ0v) is 17.4. The van der Waals surface area contributed by atoms with Gasteiger partial charge in [0.1, 0.15) is 23.1 Å². The summed E-state index contributed by atoms with van der Waals surface area (Å²) in [7, 11) is 0. The third kappa shape index (κ3) is 4.04. The fourth-order valence-corrected chi connectivity index (χ4v) is 4.51. The van der Waals surface area contributed by atoms with Gasteiger partial charge in [-0.05, 0) is 37.0 Å². The molecule has 1 atom stereocenters. The van der Waals surface area contributed by atoms with E-state index in [0.29, 0.717) is 6.54 Å². The van der Waals surface area contributed by atoms with Crippen molar-refractivity contribution in [2.75, 3.05) is 11.9 Å². The van der Waals surface area contributed by atoms with Crippen molar-refractivity contribution in [3.05, 3.63) is 72.6 Å². The zero-order chi connectivity index (χ0) is 20.2. The highest BCUT2D eigenvalue weighted by Gasteiger charge is 2.24. The van der Waals surface area contributed by atoms with Crippen molar-refractivity contribution >= 4 is 28.9 Å². The third-order valence-corrected chi connectivity index (χ3v) is 6.14. The second-order valence-electron chi connectivity index (χ2n) is 7.23. The lowest BCUT2D eigenvalue weighted by Crippen LogP contribution is -2.20. The van der Waals surface area contributed by atoms with Crippen LogP contribution < -0.4 is 5.32 Å². The Bertz CT molecular complexity index is 1110. The van der Waals surface area contributed by atoms with Gasteiger partial charge >= 0.3 is 0 Å². The van der Waals surface area contributed by atoms with Gasteiger partial charge in [0.25, 0.3) is 0 Å². The molecule has 1 aliphatic heterocycles. The quantitative estimate of drug-likeness (QED) is 0.430. The highest BCUT2D eigenvalue weighted by molar-refractivity contribution is 7.99. The van der Waals surface area contributed by atoms with Crippen molar-refractivity contribution in [1.82, 2.24) is 19.5 Å². The molecule has 2 aromatic carbocycles. The Morgan fingerprint density at radius 1 is 1.00 bits per heavy atom. The van der Waals surface area contributed by atoms with Crippen molar-refractivity contribution in [3.8, 4) is 0 Å². The monoisotopic (exact) mass is 417 g/mol. The molecular formula is C23H23N5OS. The fraction of sp³-hybridized carbons (Fsp3) is 0.261. The number of nitrogens with zero attached hydrogens (tertiary/aromatic N) is 4. The average molecular weight is 418 g/mol. The van der Waals surface area contributed by atoms with Gasteiger partial charge < -0.3 is 10.1 Å². The van der Waals surface area contributed by atoms with E-state index in [2.05, 4.69) is 44.1 Å². The maximum absolute atomic E-state index is 6.10. The van der Waals surface area contributed by atoms with E-state index in [4.69, 9.17) is 9.72 Å². The van der Waals surface area contributed by atoms with E-state index in [0.717, 1.165) is 52.9 Å². The second-order valence-corrected chi connectivity index (χ2v) is 8.29. The fourth-order valence-electron chi connectivity index (χ4n) is 3.66. The van der Waals surface area contributed by atoms with Crippen molar-refractivity contribution in [3.63, 3.8) is 0 Å². The highest BCUT2D eigenvalue weighted by Crippen LogP contribution is 2.35. The van der Waals surface area contributed by atoms with Crippen molar-refractivity contribution < 1.29 is 4.74 Å². The second kappa shape index (κ2) is 8.85. The number of anilines is 1. The van der Waals surface area contributed by atoms with Gasteiger partial charge in [0.05, 0.1) is 0 Å². The predicted octanol–water partition coefficient (Wildman–Crippen LogP) is 5.29. The van der Waals surface area contributed by atoms with Crippen molar-refractivity contribution in [2.24, 2.45) is 0 Å². The molecular weight excluding hydrogens is 394 g/mol. The molecule has 0 spiro atoms. The molecule has 0 bridgehead atoms. The van der Waals surface area contributed by atoms with Crippen LogP contribution in [-0.4, -0.2) is 26.1 Å². The van der Waals surface area contributed by atoms with Crippen LogP contribution >= 0.6 is 11.8 Å². The smallest absolute Gasteiger partial charge is 0.207 e. The Kier molecular flexibility index (Phi) is 5.63. The molecule has 3 heterocycles. The normalized spacial score (nSPS) is 16.6. The molecule has 30 heavy (non-hydrogen) atoms. The van der Waals surface area contributed by atoms with Gasteiger partial charge in [0.15, 0.2) is 5.65 Å². The molecule has 1 N–H and O–H groups in total. The van der Waals surface area contributed by atoms with Gasteiger partial charge in [-0.2, -0.15) is 0 Å². The maximum Gasteiger partial charge on any atom is 0.207 e. The van der Waals surface area contributed by atoms with Crippen molar-refractivity contribution in [1.29, 1.82) is 0 Å². The first-order valence-electron chi connectivity index (χ1n) is 10.2. The number of hydrogen-bond donors (Lipinski definition) is 1. The summed E-state index contributed by atoms with van der Waals surface area (Å²) in [4.78, 5) is 15.2. The van der Waals surface area contributed by atoms with Gasteiger partial charge in [0.2, 0.25) is 5.95 Å². The molecule has 152 valence electrons. The SMILES string of the molecule is c1ccc(CNc2nc3c(Sc4ccccc4)ncnc3n2C2CCCCO2)cc1. The first-order valence-corrected chi connectivity index (χ1v) is 11.1. The minimum atomic E-state index is -0.0634. The molecule has 1 unspecified atom stereocenters. The summed E-state index contributed by atoms with van der Waals surface area (Å²) in [5.41, 5.74) is 2.81. The summed E-state index contributed by atoms with van der Waals surface area (Å²) < 4.78 is 8.20. The van der Waals surface area contributed by atoms with E-state index in [9.17, 15) is 0 Å². The Hall–Kier alpha value is -2.90. The Morgan fingerprint density at radius 3 is 2.57 bits per heavy atom. The molecule has 0 saturated carbocycles. The van der Waals surface area contributed by atoms with E-state index in [1.54, 1.807) is 18.1 Å². The van der Waals surface area contributed by atoms with Crippen LogP contribution in [0, 0.1) is 0 Å². The van der Waals surface area contributed by atoms with Crippen LogP contribution in [0.15, 0.2) is 76.9 Å². The van der Waals surface area contributed by atoms with Gasteiger partial charge in [-0.25, -0.2) is 15.0 Å². The number of benzene rings is 2. The summed E-state index contributed by atoms with van der Waals surface area (Å²) in [6, 6.07) is 20.6. The number of hydrogen-bond acceptors (Lipinski definition) is 6. The molecule has 2 aromatic heterocycles. The lowest BCUT2D eigenvalue weighted by atomic mass is 10.2. The maximum atomic E-state index is 6.10. The summed E-state index contributed by atoms with van der Waals surface area (Å²) in [5.74, 6) is 0.774. The first kappa shape index (κ1) is 19.1. The summed E-state index contributed by atoms with van der Waals surface area (Å²) >= 11 is 1.60. The van der Waals surface area contributed by atoms with E-state index in [1.165, 1.54) is 5.56 Å². The first-order chi connectivity index (χ1) is 14.9. The topological polar surface area (TPSA) is 64.9 Å². The molecule has 0 radical (unpaired) electrons. The summed E-state index contributed by atoms with van der Waals surface area (Å²) in [6.45, 7) is 1.45. The van der Waals surface area contributed by atoms with Crippen LogP contribution in [0.1, 0.15) is 31.1 Å². The number of fused-ring (bicyclic) bond motifs is 1. The Balaban J connectivity index is 1.53. The number of imidazole rings is 1. The van der Waals surface area contributed by atoms with Crippen LogP contribution in [0.5, 0.6) is 0 Å². The molecule has 6 nitrogen and oxygen atoms in total. The molecule has 1 fully saturated rings. The minimum Gasteiger partial charge on any atom is -0.358 e. The van der Waals surface area contributed by atoms with E-state index in [-0.39, 0.29) is 6.23 Å². The Labute approximate surface area is 179 Å². The summed E-state index contributed by atoms with van der Waals surface area (Å²) in [6.07, 6.45) is 4.75. The highest BCUT2D eigenvalue weighted by atomic mass is 32.2. The standard InChI is InChI=1S/C23H23N5OS/c1-3-9-17(10-4-1)15-24-23-27-20-21(28(23)19-13-7-8-14-29-19)25-16-26-22(20)30-18-11-5-2-6-12-18/h1-6,9-12,16,19H,7-8,13-15H2,(H,24,27). The van der Waals surface area contributed by atoms with Crippen LogP contribution in [0.4, 0.5) is 5.95 Å². The minimum absolute atomic E-state index is 0.0634. The molecule has 7 heteroatoms. The van der Waals surface area contributed by atoms with Crippen LogP contribution in [0.25, 0.3) is 11.2 Å². The van der Waals surface area contributed by atoms with Gasteiger partial charge in [-0.3, -0.25) is 4.57 Å². The predicted molar refractivity (Wildman–Crippen MR) is 118 cm³/mol. The van der Waals surface area contributed by atoms with Crippen molar-refractivity contribution in [2.45, 2.75) is 42.0 Å². The van der Waals surface area contributed by atoms with Crippen LogP contribution in [0.2, 0.25) is 0 Å². The number of rotatable bonds is 6. The molecule has 1 aliphatic rings. The van der Waals surface area contributed by atoms with Gasteiger partial charge in [-0.1, -0.05) is 60.3 Å². The summed E-state index contributed by atoms with van der Waals surface area (Å²) in [5, 5.41) is 4.35. The van der Waals surface area contributed by atoms with E-state index >= 15 is 0 Å². The molecule has 0 aliphatic carbocycles. The third-order valence-electron chi connectivity index (χ3n) is 5.14. The lowest BCUT2D eigenvalue weighted by molar-refractivity contribution is -0.0285. The molecule has 5 rings (SSSR count). The van der Waals surface area contributed by atoms with E-state index in [1.807, 2.05) is 36.4 Å². The van der Waals surface area contributed by atoms with Gasteiger partial charge in [0, 0.05) is 18.0 Å².